The number of rotatable bonds is 6. The molecule has 0 saturated heterocycles. The fourth-order valence-corrected chi connectivity index (χ4v) is 2.74. The van der Waals surface area contributed by atoms with Gasteiger partial charge in [-0.2, -0.15) is 0 Å². The highest BCUT2D eigenvalue weighted by atomic mass is 28.2. The Hall–Kier alpha value is 0.434. The molecule has 0 unspecified atom stereocenters. The highest BCUT2D eigenvalue weighted by molar-refractivity contribution is 6.33. The van der Waals surface area contributed by atoms with Crippen LogP contribution in [0.5, 0.6) is 0 Å². The van der Waals surface area contributed by atoms with Crippen LogP contribution in [0.25, 0.3) is 0 Å². The van der Waals surface area contributed by atoms with Gasteiger partial charge in [-0.15, -0.1) is 0 Å². The van der Waals surface area contributed by atoms with Gasteiger partial charge in [0.25, 0.3) is 0 Å². The van der Waals surface area contributed by atoms with E-state index >= 15 is 0 Å². The molecule has 0 saturated carbocycles. The highest BCUT2D eigenvalue weighted by Crippen LogP contribution is 2.02. The molecule has 2 heteroatoms. The van der Waals surface area contributed by atoms with Gasteiger partial charge in [0.1, 0.15) is 0 Å². The molecule has 0 N–H and O–H groups in total. The molecule has 9 heavy (non-hydrogen) atoms. The Morgan fingerprint density at radius 3 is 1.56 bits per heavy atom. The second-order valence-corrected chi connectivity index (χ2v) is 6.18. The molecule has 0 bridgehead atoms. The SMILES string of the molecule is C[SiH2]CCCCC[SiH2]C. The molecule has 0 aliphatic carbocycles. The maximum Gasteiger partial charge on any atom is 0.0166 e. The Bertz CT molecular complexity index is 40.2. The molecule has 0 spiro atoms. The van der Waals surface area contributed by atoms with Crippen molar-refractivity contribution in [3.8, 4) is 0 Å². The molecule has 0 aromatic heterocycles. The summed E-state index contributed by atoms with van der Waals surface area (Å²) in [6.45, 7) is 4.82. The van der Waals surface area contributed by atoms with Crippen molar-refractivity contribution in [3.63, 3.8) is 0 Å². The molecule has 0 fully saturated rings. The van der Waals surface area contributed by atoms with Crippen molar-refractivity contribution in [1.82, 2.24) is 0 Å². The van der Waals surface area contributed by atoms with Crippen molar-refractivity contribution in [2.75, 3.05) is 0 Å². The van der Waals surface area contributed by atoms with E-state index in [0.29, 0.717) is 19.0 Å². The van der Waals surface area contributed by atoms with Crippen LogP contribution in [0, 0.1) is 0 Å². The third-order valence-corrected chi connectivity index (χ3v) is 4.12. The molecule has 0 amide bonds. The second-order valence-electron chi connectivity index (χ2n) is 2.77. The summed E-state index contributed by atoms with van der Waals surface area (Å²) in [7, 11) is 0.782. The van der Waals surface area contributed by atoms with Gasteiger partial charge in [0.05, 0.1) is 0 Å². The number of unbranched alkanes of at least 4 members (excludes halogenated alkanes) is 2. The van der Waals surface area contributed by atoms with Crippen LogP contribution in [-0.2, 0) is 0 Å². The van der Waals surface area contributed by atoms with Crippen LogP contribution in [0.4, 0.5) is 0 Å². The minimum Gasteiger partial charge on any atom is -0.0748 e. The molecular weight excluding hydrogens is 140 g/mol. The molecular formula is C7H20Si2. The van der Waals surface area contributed by atoms with Gasteiger partial charge in [-0.1, -0.05) is 44.4 Å². The Morgan fingerprint density at radius 2 is 1.22 bits per heavy atom. The van der Waals surface area contributed by atoms with Crippen molar-refractivity contribution < 1.29 is 0 Å². The molecule has 0 aliphatic heterocycles. The van der Waals surface area contributed by atoms with Crippen molar-refractivity contribution in [3.05, 3.63) is 0 Å². The first-order valence-corrected chi connectivity index (χ1v) is 9.24. The van der Waals surface area contributed by atoms with Crippen molar-refractivity contribution in [1.29, 1.82) is 0 Å². The van der Waals surface area contributed by atoms with E-state index in [4.69, 9.17) is 0 Å². The zero-order valence-corrected chi connectivity index (χ0v) is 9.78. The Kier molecular flexibility index (Phi) is 8.84. The lowest BCUT2D eigenvalue weighted by atomic mass is 10.3. The number of hydrogen-bond acceptors (Lipinski definition) is 0. The van der Waals surface area contributed by atoms with Crippen LogP contribution in [0.3, 0.4) is 0 Å². The van der Waals surface area contributed by atoms with E-state index in [1.807, 2.05) is 0 Å². The lowest BCUT2D eigenvalue weighted by Crippen LogP contribution is -1.84. The fraction of sp³-hybridized carbons (Fsp3) is 1.00. The van der Waals surface area contributed by atoms with Crippen LogP contribution >= 0.6 is 0 Å². The first-order chi connectivity index (χ1) is 4.41. The van der Waals surface area contributed by atoms with E-state index < -0.39 is 0 Å². The summed E-state index contributed by atoms with van der Waals surface area (Å²) >= 11 is 0. The molecule has 0 nitrogen and oxygen atoms in total. The van der Waals surface area contributed by atoms with E-state index in [-0.39, 0.29) is 0 Å². The molecule has 0 aromatic rings. The van der Waals surface area contributed by atoms with E-state index in [1.165, 1.54) is 19.3 Å². The predicted octanol–water partition coefficient (Wildman–Crippen LogP) is 1.43. The summed E-state index contributed by atoms with van der Waals surface area (Å²) < 4.78 is 0. The molecule has 0 atom stereocenters. The summed E-state index contributed by atoms with van der Waals surface area (Å²) in [6, 6.07) is 3.18. The minimum absolute atomic E-state index is 0.391. The molecule has 0 rings (SSSR count). The van der Waals surface area contributed by atoms with Crippen LogP contribution in [0.1, 0.15) is 19.3 Å². The van der Waals surface area contributed by atoms with Crippen molar-refractivity contribution in [2.45, 2.75) is 44.4 Å². The summed E-state index contributed by atoms with van der Waals surface area (Å²) in [5.74, 6) is 0. The zero-order valence-electron chi connectivity index (χ0n) is 6.95. The van der Waals surface area contributed by atoms with Gasteiger partial charge in [-0.05, 0) is 0 Å². The van der Waals surface area contributed by atoms with Gasteiger partial charge in [-0.3, -0.25) is 0 Å². The topological polar surface area (TPSA) is 0 Å². The van der Waals surface area contributed by atoms with Gasteiger partial charge in [0, 0.05) is 19.0 Å². The lowest BCUT2D eigenvalue weighted by Gasteiger charge is -1.95. The van der Waals surface area contributed by atoms with Crippen molar-refractivity contribution in [2.24, 2.45) is 0 Å². The van der Waals surface area contributed by atoms with Gasteiger partial charge in [0.15, 0.2) is 0 Å². The van der Waals surface area contributed by atoms with Crippen LogP contribution in [0.2, 0.25) is 25.2 Å². The fourth-order valence-electron chi connectivity index (χ4n) is 1.03. The zero-order chi connectivity index (χ0) is 6.95. The van der Waals surface area contributed by atoms with Crippen LogP contribution in [-0.4, -0.2) is 19.0 Å². The van der Waals surface area contributed by atoms with Gasteiger partial charge in [-0.25, -0.2) is 0 Å². The molecule has 56 valence electrons. The Balaban J connectivity index is 2.60. The minimum atomic E-state index is 0.391. The average Bonchev–Trinajstić information content (AvgIpc) is 1.89. The number of hydrogen-bond donors (Lipinski definition) is 0. The van der Waals surface area contributed by atoms with Crippen LogP contribution in [0.15, 0.2) is 0 Å². The third-order valence-electron chi connectivity index (χ3n) is 1.71. The summed E-state index contributed by atoms with van der Waals surface area (Å²) in [6.07, 6.45) is 4.61. The first kappa shape index (κ1) is 9.43. The molecule has 0 aliphatic rings. The van der Waals surface area contributed by atoms with Crippen LogP contribution < -0.4 is 0 Å². The third kappa shape index (κ3) is 8.43. The smallest absolute Gasteiger partial charge is 0.0166 e. The first-order valence-electron chi connectivity index (χ1n) is 4.41. The largest absolute Gasteiger partial charge is 0.0748 e. The Morgan fingerprint density at radius 1 is 0.778 bits per heavy atom. The average molecular weight is 160 g/mol. The second kappa shape index (κ2) is 8.43. The predicted molar refractivity (Wildman–Crippen MR) is 52.3 cm³/mol. The normalized spacial score (nSPS) is 12.7. The summed E-state index contributed by atoms with van der Waals surface area (Å²) in [5.41, 5.74) is 0. The highest BCUT2D eigenvalue weighted by Gasteiger charge is 1.86. The van der Waals surface area contributed by atoms with Gasteiger partial charge >= 0.3 is 0 Å². The van der Waals surface area contributed by atoms with Crippen molar-refractivity contribution >= 4 is 19.0 Å². The monoisotopic (exact) mass is 160 g/mol. The summed E-state index contributed by atoms with van der Waals surface area (Å²) in [4.78, 5) is 0. The van der Waals surface area contributed by atoms with E-state index in [0.717, 1.165) is 0 Å². The maximum absolute atomic E-state index is 2.41. The maximum atomic E-state index is 2.41. The lowest BCUT2D eigenvalue weighted by molar-refractivity contribution is 0.766. The standard InChI is InChI=1S/C7H20Si2/c1-8-6-4-3-5-7-9-2/h3-9H2,1-2H3. The van der Waals surface area contributed by atoms with E-state index in [1.54, 1.807) is 12.1 Å². The summed E-state index contributed by atoms with van der Waals surface area (Å²) in [5, 5.41) is 0. The van der Waals surface area contributed by atoms with Gasteiger partial charge in [0.2, 0.25) is 0 Å². The van der Waals surface area contributed by atoms with Gasteiger partial charge < -0.3 is 0 Å². The Labute approximate surface area is 64.1 Å². The van der Waals surface area contributed by atoms with E-state index in [2.05, 4.69) is 13.1 Å². The molecule has 0 radical (unpaired) electrons. The molecule has 0 heterocycles. The quantitative estimate of drug-likeness (QED) is 0.407. The molecule has 0 aromatic carbocycles. The van der Waals surface area contributed by atoms with E-state index in [9.17, 15) is 0 Å².